The van der Waals surface area contributed by atoms with E-state index in [1.807, 2.05) is 30.3 Å². The van der Waals surface area contributed by atoms with Gasteiger partial charge in [0.2, 0.25) is 0 Å². The van der Waals surface area contributed by atoms with Crippen LogP contribution in [-0.2, 0) is 4.79 Å². The summed E-state index contributed by atoms with van der Waals surface area (Å²) in [6, 6.07) is 9.47. The molecular weight excluding hydrogens is 164 g/mol. The van der Waals surface area contributed by atoms with Gasteiger partial charge in [-0.3, -0.25) is 4.79 Å². The zero-order valence-corrected chi connectivity index (χ0v) is 6.97. The van der Waals surface area contributed by atoms with E-state index in [9.17, 15) is 4.79 Å². The second-order valence-electron chi connectivity index (χ2n) is 2.71. The summed E-state index contributed by atoms with van der Waals surface area (Å²) in [5.41, 5.74) is 0.881. The molecule has 1 aliphatic rings. The molecule has 0 bridgehead atoms. The van der Waals surface area contributed by atoms with Crippen molar-refractivity contribution in [3.05, 3.63) is 35.9 Å². The Morgan fingerprint density at radius 3 is 2.62 bits per heavy atom. The van der Waals surface area contributed by atoms with Crippen LogP contribution in [0.15, 0.2) is 40.3 Å². The van der Waals surface area contributed by atoms with Crippen LogP contribution in [0.2, 0.25) is 0 Å². The van der Waals surface area contributed by atoms with E-state index in [2.05, 4.69) is 9.98 Å². The van der Waals surface area contributed by atoms with Crippen LogP contribution < -0.4 is 0 Å². The predicted molar refractivity (Wildman–Crippen MR) is 51.1 cm³/mol. The highest BCUT2D eigenvalue weighted by atomic mass is 16.1. The Labute approximate surface area is 75.8 Å². The van der Waals surface area contributed by atoms with Gasteiger partial charge >= 0.3 is 0 Å². The summed E-state index contributed by atoms with van der Waals surface area (Å²) in [6.45, 7) is 0. The van der Waals surface area contributed by atoms with E-state index < -0.39 is 0 Å². The summed E-state index contributed by atoms with van der Waals surface area (Å²) < 4.78 is 0. The van der Waals surface area contributed by atoms with Gasteiger partial charge in [-0.05, 0) is 0 Å². The number of carbonyl (C=O) groups is 1. The van der Waals surface area contributed by atoms with Crippen molar-refractivity contribution >= 4 is 18.0 Å². The molecule has 1 amide bonds. The molecule has 0 unspecified atom stereocenters. The molecule has 1 aliphatic heterocycles. The van der Waals surface area contributed by atoms with Crippen molar-refractivity contribution < 1.29 is 4.79 Å². The number of hydrogen-bond acceptors (Lipinski definition) is 2. The summed E-state index contributed by atoms with van der Waals surface area (Å²) in [4.78, 5) is 18.9. The molecule has 2 rings (SSSR count). The van der Waals surface area contributed by atoms with Crippen molar-refractivity contribution in [2.45, 2.75) is 6.42 Å². The van der Waals surface area contributed by atoms with E-state index in [1.165, 1.54) is 0 Å². The summed E-state index contributed by atoms with van der Waals surface area (Å²) in [5, 5.41) is 0. The Bertz CT molecular complexity index is 379. The molecule has 1 aromatic carbocycles. The molecule has 3 nitrogen and oxygen atoms in total. The van der Waals surface area contributed by atoms with Gasteiger partial charge in [-0.15, -0.1) is 0 Å². The molecule has 0 saturated carbocycles. The van der Waals surface area contributed by atoms with E-state index in [0.29, 0.717) is 12.3 Å². The van der Waals surface area contributed by atoms with Crippen LogP contribution in [-0.4, -0.2) is 18.0 Å². The van der Waals surface area contributed by atoms with Gasteiger partial charge in [0.15, 0.2) is 5.84 Å². The largest absolute Gasteiger partial charge is 0.272 e. The number of hydrogen-bond donors (Lipinski definition) is 0. The van der Waals surface area contributed by atoms with E-state index in [4.69, 9.17) is 0 Å². The van der Waals surface area contributed by atoms with Gasteiger partial charge in [0.05, 0.1) is 6.42 Å². The minimum absolute atomic E-state index is 0.131. The first kappa shape index (κ1) is 7.86. The molecular formula is C10H8N2O. The highest BCUT2D eigenvalue weighted by Gasteiger charge is 2.08. The smallest absolute Gasteiger partial charge is 0.253 e. The maximum Gasteiger partial charge on any atom is 0.253 e. The first-order valence-electron chi connectivity index (χ1n) is 4.06. The number of rotatable bonds is 1. The van der Waals surface area contributed by atoms with Gasteiger partial charge in [0.25, 0.3) is 5.91 Å². The Morgan fingerprint density at radius 2 is 1.92 bits per heavy atom. The fourth-order valence-corrected chi connectivity index (χ4v) is 1.13. The Morgan fingerprint density at radius 1 is 1.15 bits per heavy atom. The number of amidine groups is 1. The summed E-state index contributed by atoms with van der Waals surface area (Å²) in [7, 11) is 0. The summed E-state index contributed by atoms with van der Waals surface area (Å²) in [5.74, 6) is 0.380. The summed E-state index contributed by atoms with van der Waals surface area (Å²) in [6.07, 6.45) is 1.91. The van der Waals surface area contributed by atoms with Crippen LogP contribution in [0.5, 0.6) is 0 Å². The minimum Gasteiger partial charge on any atom is -0.272 e. The predicted octanol–water partition coefficient (Wildman–Crippen LogP) is 1.43. The van der Waals surface area contributed by atoms with Crippen molar-refractivity contribution in [1.29, 1.82) is 0 Å². The molecule has 1 heterocycles. The average Bonchev–Trinajstić information content (AvgIpc) is 2.19. The Hall–Kier alpha value is -1.77. The number of aliphatic imine (C=N–C) groups is 2. The number of amides is 1. The molecule has 64 valence electrons. The van der Waals surface area contributed by atoms with E-state index in [-0.39, 0.29) is 5.91 Å². The molecule has 0 atom stereocenters. The number of carbonyl (C=O) groups excluding carboxylic acids is 1. The third-order valence-electron chi connectivity index (χ3n) is 1.74. The second-order valence-corrected chi connectivity index (χ2v) is 2.71. The van der Waals surface area contributed by atoms with Crippen LogP contribution in [0.4, 0.5) is 0 Å². The topological polar surface area (TPSA) is 41.8 Å². The summed E-state index contributed by atoms with van der Waals surface area (Å²) >= 11 is 0. The third-order valence-corrected chi connectivity index (χ3v) is 1.74. The zero-order valence-electron chi connectivity index (χ0n) is 6.97. The SMILES string of the molecule is O=C1CC=NC(c2ccccc2)=N1. The van der Waals surface area contributed by atoms with Crippen LogP contribution in [0.3, 0.4) is 0 Å². The molecule has 0 aliphatic carbocycles. The highest BCUT2D eigenvalue weighted by Crippen LogP contribution is 2.05. The van der Waals surface area contributed by atoms with Gasteiger partial charge in [-0.25, -0.2) is 4.99 Å². The normalized spacial score (nSPS) is 15.7. The second kappa shape index (κ2) is 3.31. The number of benzene rings is 1. The van der Waals surface area contributed by atoms with E-state index in [1.54, 1.807) is 6.21 Å². The lowest BCUT2D eigenvalue weighted by Gasteiger charge is -2.03. The number of nitrogens with zero attached hydrogens (tertiary/aromatic N) is 2. The lowest BCUT2D eigenvalue weighted by Crippen LogP contribution is -2.08. The molecule has 0 fully saturated rings. The van der Waals surface area contributed by atoms with Crippen LogP contribution in [0, 0.1) is 0 Å². The fraction of sp³-hybridized carbons (Fsp3) is 0.100. The quantitative estimate of drug-likeness (QED) is 0.631. The van der Waals surface area contributed by atoms with Crippen LogP contribution in [0.25, 0.3) is 0 Å². The van der Waals surface area contributed by atoms with Crippen molar-refractivity contribution in [3.8, 4) is 0 Å². The molecule has 0 saturated heterocycles. The first-order chi connectivity index (χ1) is 6.36. The van der Waals surface area contributed by atoms with Gasteiger partial charge in [-0.1, -0.05) is 30.3 Å². The van der Waals surface area contributed by atoms with Crippen LogP contribution in [0.1, 0.15) is 12.0 Å². The monoisotopic (exact) mass is 172 g/mol. The maximum atomic E-state index is 11.0. The van der Waals surface area contributed by atoms with E-state index in [0.717, 1.165) is 5.56 Å². The molecule has 0 radical (unpaired) electrons. The van der Waals surface area contributed by atoms with Crippen molar-refractivity contribution in [1.82, 2.24) is 0 Å². The first-order valence-corrected chi connectivity index (χ1v) is 4.06. The standard InChI is InChI=1S/C10H8N2O/c13-9-6-7-11-10(12-9)8-4-2-1-3-5-8/h1-5,7H,6H2. The third kappa shape index (κ3) is 1.69. The van der Waals surface area contributed by atoms with Crippen molar-refractivity contribution in [2.24, 2.45) is 9.98 Å². The van der Waals surface area contributed by atoms with Crippen LogP contribution >= 0.6 is 0 Å². The minimum atomic E-state index is -0.131. The van der Waals surface area contributed by atoms with Gasteiger partial charge in [0.1, 0.15) is 0 Å². The molecule has 3 heteroatoms. The van der Waals surface area contributed by atoms with Crippen molar-refractivity contribution in [2.75, 3.05) is 0 Å². The highest BCUT2D eigenvalue weighted by molar-refractivity contribution is 6.13. The van der Waals surface area contributed by atoms with Crippen molar-refractivity contribution in [3.63, 3.8) is 0 Å². The van der Waals surface area contributed by atoms with Gasteiger partial charge in [0, 0.05) is 11.8 Å². The molecule has 1 aromatic rings. The Kier molecular flexibility index (Phi) is 2.00. The molecule has 0 N–H and O–H groups in total. The lowest BCUT2D eigenvalue weighted by atomic mass is 10.2. The molecule has 0 spiro atoms. The zero-order chi connectivity index (χ0) is 9.10. The Balaban J connectivity index is 2.37. The fourth-order valence-electron chi connectivity index (χ4n) is 1.13. The molecule has 13 heavy (non-hydrogen) atoms. The lowest BCUT2D eigenvalue weighted by molar-refractivity contribution is -0.116. The van der Waals surface area contributed by atoms with Gasteiger partial charge < -0.3 is 0 Å². The maximum absolute atomic E-state index is 11.0. The van der Waals surface area contributed by atoms with E-state index >= 15 is 0 Å². The molecule has 0 aromatic heterocycles. The van der Waals surface area contributed by atoms with Gasteiger partial charge in [-0.2, -0.15) is 4.99 Å². The average molecular weight is 172 g/mol.